The molecule has 1 aromatic carbocycles. The van der Waals surface area contributed by atoms with Crippen LogP contribution < -0.4 is 4.74 Å². The molecule has 2 atom stereocenters. The Morgan fingerprint density at radius 3 is 2.50 bits per heavy atom. The lowest BCUT2D eigenvalue weighted by Crippen LogP contribution is -2.27. The molecule has 1 aliphatic heterocycles. The molecule has 1 aromatic rings. The van der Waals surface area contributed by atoms with Gasteiger partial charge in [-0.3, -0.25) is 14.4 Å². The van der Waals surface area contributed by atoms with Crippen molar-refractivity contribution in [2.45, 2.75) is 39.2 Å². The van der Waals surface area contributed by atoms with Gasteiger partial charge >= 0.3 is 17.9 Å². The molecular formula is C17H20O6S. The molecule has 0 N–H and O–H groups in total. The highest BCUT2D eigenvalue weighted by Gasteiger charge is 2.37. The molecule has 0 aliphatic carbocycles. The predicted molar refractivity (Wildman–Crippen MR) is 88.4 cm³/mol. The minimum atomic E-state index is -0.845. The Balaban J connectivity index is 2.34. The van der Waals surface area contributed by atoms with Crippen molar-refractivity contribution in [3.63, 3.8) is 0 Å². The first-order chi connectivity index (χ1) is 11.2. The van der Waals surface area contributed by atoms with Crippen LogP contribution in [0.1, 0.15) is 39.4 Å². The maximum atomic E-state index is 12.2. The molecule has 1 aliphatic rings. The van der Waals surface area contributed by atoms with Crippen molar-refractivity contribution in [3.8, 4) is 5.75 Å². The second-order valence-electron chi connectivity index (χ2n) is 6.38. The SMILES string of the molecule is CC(=O)OC(c1ccccc1OC(=O)C(C)(C)C)[C@H]1OC(=O)CS1. The Morgan fingerprint density at radius 2 is 1.96 bits per heavy atom. The molecule has 1 fully saturated rings. The summed E-state index contributed by atoms with van der Waals surface area (Å²) in [5.41, 5.74) is -0.869. The van der Waals surface area contributed by atoms with Crippen LogP contribution in [0.3, 0.4) is 0 Å². The molecular weight excluding hydrogens is 332 g/mol. The number of hydrogen-bond donors (Lipinski definition) is 0. The van der Waals surface area contributed by atoms with Crippen molar-refractivity contribution >= 4 is 29.7 Å². The van der Waals surface area contributed by atoms with E-state index in [1.165, 1.54) is 18.7 Å². The van der Waals surface area contributed by atoms with Gasteiger partial charge in [0.15, 0.2) is 11.5 Å². The monoisotopic (exact) mass is 352 g/mol. The van der Waals surface area contributed by atoms with E-state index in [2.05, 4.69) is 0 Å². The van der Waals surface area contributed by atoms with Crippen molar-refractivity contribution < 1.29 is 28.6 Å². The summed E-state index contributed by atoms with van der Waals surface area (Å²) in [6, 6.07) is 6.76. The lowest BCUT2D eigenvalue weighted by molar-refractivity contribution is -0.157. The average molecular weight is 352 g/mol. The molecule has 7 heteroatoms. The van der Waals surface area contributed by atoms with Crippen molar-refractivity contribution in [2.75, 3.05) is 5.75 Å². The van der Waals surface area contributed by atoms with Gasteiger partial charge < -0.3 is 14.2 Å². The third-order valence-corrected chi connectivity index (χ3v) is 4.27. The third-order valence-electron chi connectivity index (χ3n) is 3.19. The Kier molecular flexibility index (Phi) is 5.54. The highest BCUT2D eigenvalue weighted by molar-refractivity contribution is 8.00. The number of carbonyl (C=O) groups excluding carboxylic acids is 3. The number of thioether (sulfide) groups is 1. The second-order valence-corrected chi connectivity index (χ2v) is 7.46. The minimum Gasteiger partial charge on any atom is -0.453 e. The maximum Gasteiger partial charge on any atom is 0.317 e. The molecule has 24 heavy (non-hydrogen) atoms. The zero-order valence-electron chi connectivity index (χ0n) is 14.0. The smallest absolute Gasteiger partial charge is 0.317 e. The molecule has 0 amide bonds. The van der Waals surface area contributed by atoms with Crippen molar-refractivity contribution in [3.05, 3.63) is 29.8 Å². The van der Waals surface area contributed by atoms with Crippen LogP contribution in [0.4, 0.5) is 0 Å². The Labute approximate surface area is 144 Å². The number of benzene rings is 1. The summed E-state index contributed by atoms with van der Waals surface area (Å²) in [5.74, 6) is -0.821. The predicted octanol–water partition coefficient (Wildman–Crippen LogP) is 2.86. The van der Waals surface area contributed by atoms with Crippen molar-refractivity contribution in [2.24, 2.45) is 5.41 Å². The first-order valence-corrected chi connectivity index (χ1v) is 8.53. The number of rotatable bonds is 4. The summed E-state index contributed by atoms with van der Waals surface area (Å²) >= 11 is 1.24. The van der Waals surface area contributed by atoms with Crippen LogP contribution >= 0.6 is 11.8 Å². The summed E-state index contributed by atoms with van der Waals surface area (Å²) in [7, 11) is 0. The highest BCUT2D eigenvalue weighted by atomic mass is 32.2. The molecule has 1 unspecified atom stereocenters. The molecule has 2 rings (SSSR count). The largest absolute Gasteiger partial charge is 0.453 e. The van der Waals surface area contributed by atoms with E-state index in [4.69, 9.17) is 14.2 Å². The summed E-state index contributed by atoms with van der Waals surface area (Å²) in [5, 5.41) is 0. The second kappa shape index (κ2) is 7.25. The summed E-state index contributed by atoms with van der Waals surface area (Å²) in [6.45, 7) is 6.51. The van der Waals surface area contributed by atoms with Gasteiger partial charge in [-0.2, -0.15) is 0 Å². The van der Waals surface area contributed by atoms with E-state index < -0.39 is 28.9 Å². The van der Waals surface area contributed by atoms with Gasteiger partial charge in [-0.1, -0.05) is 18.2 Å². The van der Waals surface area contributed by atoms with E-state index in [9.17, 15) is 14.4 Å². The third kappa shape index (κ3) is 4.50. The molecule has 1 heterocycles. The van der Waals surface area contributed by atoms with E-state index in [-0.39, 0.29) is 17.5 Å². The van der Waals surface area contributed by atoms with Gasteiger partial charge in [0.05, 0.1) is 11.2 Å². The molecule has 1 saturated heterocycles. The van der Waals surface area contributed by atoms with Crippen LogP contribution in [0.2, 0.25) is 0 Å². The molecule has 0 spiro atoms. The summed E-state index contributed by atoms with van der Waals surface area (Å²) in [6.07, 6.45) is -0.845. The summed E-state index contributed by atoms with van der Waals surface area (Å²) in [4.78, 5) is 35.1. The Bertz CT molecular complexity index is 649. The van der Waals surface area contributed by atoms with E-state index in [1.807, 2.05) is 0 Å². The maximum absolute atomic E-state index is 12.2. The van der Waals surface area contributed by atoms with Crippen LogP contribution in [-0.2, 0) is 23.9 Å². The molecule has 0 bridgehead atoms. The topological polar surface area (TPSA) is 78.9 Å². The minimum absolute atomic E-state index is 0.187. The van der Waals surface area contributed by atoms with Gasteiger partial charge in [-0.15, -0.1) is 11.8 Å². The fraction of sp³-hybridized carbons (Fsp3) is 0.471. The van der Waals surface area contributed by atoms with Gasteiger partial charge in [-0.25, -0.2) is 0 Å². The normalized spacial score (nSPS) is 18.7. The average Bonchev–Trinajstić information content (AvgIpc) is 2.91. The summed E-state index contributed by atoms with van der Waals surface area (Å²) < 4.78 is 16.0. The zero-order valence-corrected chi connectivity index (χ0v) is 14.8. The van der Waals surface area contributed by atoms with Crippen LogP contribution in [0.5, 0.6) is 5.75 Å². The lowest BCUT2D eigenvalue weighted by atomic mass is 9.97. The van der Waals surface area contributed by atoms with E-state index >= 15 is 0 Å². The first-order valence-electron chi connectivity index (χ1n) is 7.48. The molecule has 0 radical (unpaired) electrons. The van der Waals surface area contributed by atoms with Gasteiger partial charge in [-0.05, 0) is 26.8 Å². The van der Waals surface area contributed by atoms with E-state index in [0.29, 0.717) is 5.56 Å². The fourth-order valence-corrected chi connectivity index (χ4v) is 2.92. The molecule has 6 nitrogen and oxygen atoms in total. The molecule has 130 valence electrons. The van der Waals surface area contributed by atoms with E-state index in [1.54, 1.807) is 45.0 Å². The van der Waals surface area contributed by atoms with Gasteiger partial charge in [0, 0.05) is 12.5 Å². The van der Waals surface area contributed by atoms with Crippen LogP contribution in [0.15, 0.2) is 24.3 Å². The molecule has 0 saturated carbocycles. The van der Waals surface area contributed by atoms with Crippen molar-refractivity contribution in [1.29, 1.82) is 0 Å². The quantitative estimate of drug-likeness (QED) is 0.609. The number of esters is 3. The first kappa shape index (κ1) is 18.3. The number of cyclic esters (lactones) is 1. The number of hydrogen-bond acceptors (Lipinski definition) is 7. The zero-order chi connectivity index (χ0) is 17.9. The Morgan fingerprint density at radius 1 is 1.29 bits per heavy atom. The van der Waals surface area contributed by atoms with Crippen LogP contribution in [-0.4, -0.2) is 29.1 Å². The van der Waals surface area contributed by atoms with E-state index in [0.717, 1.165) is 0 Å². The van der Waals surface area contributed by atoms with Gasteiger partial charge in [0.1, 0.15) is 5.75 Å². The Hall–Kier alpha value is -2.02. The van der Waals surface area contributed by atoms with Crippen LogP contribution in [0.25, 0.3) is 0 Å². The van der Waals surface area contributed by atoms with Gasteiger partial charge in [0.2, 0.25) is 0 Å². The highest BCUT2D eigenvalue weighted by Crippen LogP contribution is 2.39. The number of carbonyl (C=O) groups is 3. The van der Waals surface area contributed by atoms with Crippen molar-refractivity contribution in [1.82, 2.24) is 0 Å². The number of ether oxygens (including phenoxy) is 3. The van der Waals surface area contributed by atoms with Gasteiger partial charge in [0.25, 0.3) is 0 Å². The fourth-order valence-electron chi connectivity index (χ4n) is 2.00. The molecule has 0 aromatic heterocycles. The standard InChI is InChI=1S/C17H20O6S/c1-10(18)21-14(15-23-13(19)9-24-15)11-7-5-6-8-12(11)22-16(20)17(2,3)4/h5-8,14-15H,9H2,1-4H3/t14?,15-/m0/s1. The lowest BCUT2D eigenvalue weighted by Gasteiger charge is -2.24. The number of para-hydroxylation sites is 1. The van der Waals surface area contributed by atoms with Crippen LogP contribution in [0, 0.1) is 5.41 Å².